The number of ketones is 1. The van der Waals surface area contributed by atoms with Crippen molar-refractivity contribution in [1.82, 2.24) is 9.80 Å². The molecule has 2 aromatic rings. The van der Waals surface area contributed by atoms with Crippen molar-refractivity contribution in [3.63, 3.8) is 0 Å². The third kappa shape index (κ3) is 3.25. The molecule has 1 unspecified atom stereocenters. The summed E-state index contributed by atoms with van der Waals surface area (Å²) >= 11 is 0. The predicted octanol–water partition coefficient (Wildman–Crippen LogP) is 2.80. The average Bonchev–Trinajstić information content (AvgIpc) is 3.18. The number of nitrogens with zero attached hydrogens (tertiary/aromatic N) is 3. The van der Waals surface area contributed by atoms with Crippen LogP contribution in [0.5, 0.6) is 0 Å². The van der Waals surface area contributed by atoms with Gasteiger partial charge in [-0.15, -0.1) is 6.58 Å². The zero-order valence-electron chi connectivity index (χ0n) is 19.3. The van der Waals surface area contributed by atoms with Gasteiger partial charge in [0.05, 0.1) is 11.3 Å². The van der Waals surface area contributed by atoms with Gasteiger partial charge in [-0.3, -0.25) is 14.4 Å². The number of likely N-dealkylation sites (tertiary alicyclic amines) is 1. The van der Waals surface area contributed by atoms with Crippen molar-refractivity contribution in [3.05, 3.63) is 83.2 Å². The molecule has 8 heteroatoms. The summed E-state index contributed by atoms with van der Waals surface area (Å²) in [7, 11) is 3.62. The van der Waals surface area contributed by atoms with E-state index in [-0.39, 0.29) is 24.2 Å². The number of carbonyl (C=O) groups is 3. The van der Waals surface area contributed by atoms with E-state index in [1.807, 2.05) is 19.0 Å². The lowest BCUT2D eigenvalue weighted by molar-refractivity contribution is -0.143. The van der Waals surface area contributed by atoms with Crippen LogP contribution in [0.15, 0.2) is 60.7 Å². The Morgan fingerprint density at radius 2 is 1.88 bits per heavy atom. The zero-order chi connectivity index (χ0) is 24.8. The number of carbonyl (C=O) groups excluding carboxylic acids is 3. The van der Waals surface area contributed by atoms with E-state index >= 15 is 0 Å². The Labute approximate surface area is 197 Å². The molecular weight excluding hydrogens is 437 g/mol. The topological polar surface area (TPSA) is 81.2 Å². The summed E-state index contributed by atoms with van der Waals surface area (Å²) in [6.45, 7) is 5.89. The first-order valence-electron chi connectivity index (χ1n) is 10.9. The van der Waals surface area contributed by atoms with E-state index in [0.29, 0.717) is 23.4 Å². The highest BCUT2D eigenvalue weighted by atomic mass is 19.1. The molecule has 2 aliphatic rings. The van der Waals surface area contributed by atoms with Gasteiger partial charge < -0.3 is 19.8 Å². The second-order valence-electron chi connectivity index (χ2n) is 8.71. The van der Waals surface area contributed by atoms with Gasteiger partial charge in [0, 0.05) is 30.8 Å². The highest BCUT2D eigenvalue weighted by molar-refractivity contribution is 6.50. The lowest BCUT2D eigenvalue weighted by atomic mass is 9.82. The molecule has 1 saturated heterocycles. The molecule has 0 aromatic heterocycles. The van der Waals surface area contributed by atoms with Crippen LogP contribution < -0.4 is 4.90 Å². The van der Waals surface area contributed by atoms with Crippen molar-refractivity contribution >= 4 is 29.0 Å². The zero-order valence-corrected chi connectivity index (χ0v) is 19.3. The first-order valence-corrected chi connectivity index (χ1v) is 10.9. The van der Waals surface area contributed by atoms with Crippen LogP contribution in [0.2, 0.25) is 0 Å². The number of hydrogen-bond acceptors (Lipinski definition) is 5. The largest absolute Gasteiger partial charge is 0.507 e. The molecule has 1 atom stereocenters. The molecule has 0 radical (unpaired) electrons. The average molecular weight is 464 g/mol. The molecule has 1 spiro atoms. The number of amides is 2. The summed E-state index contributed by atoms with van der Waals surface area (Å²) in [6, 6.07) is 10.9. The maximum absolute atomic E-state index is 14.3. The van der Waals surface area contributed by atoms with Crippen LogP contribution in [-0.2, 0) is 19.9 Å². The molecule has 2 aromatic carbocycles. The molecule has 4 rings (SSSR count). The Hall–Kier alpha value is -3.78. The standard InChI is InChI=1S/C26H26FN3O4/c1-5-12-29-20-9-7-6-8-18(20)26(25(29)34)21(22(31)17-11-10-16(2)19(27)15-17)23(32)24(33)30(26)14-13-28(3)4/h5-11,15,31H,1,12-14H2,2-4H3. The minimum atomic E-state index is -1.87. The normalized spacial score (nSPS) is 21.1. The molecule has 7 nitrogen and oxygen atoms in total. The molecule has 1 fully saturated rings. The summed E-state index contributed by atoms with van der Waals surface area (Å²) in [5.74, 6) is -3.58. The summed E-state index contributed by atoms with van der Waals surface area (Å²) in [5.41, 5.74) is -0.921. The van der Waals surface area contributed by atoms with Crippen LogP contribution in [0.25, 0.3) is 5.76 Å². The van der Waals surface area contributed by atoms with Crippen molar-refractivity contribution in [2.75, 3.05) is 38.6 Å². The quantitative estimate of drug-likeness (QED) is 0.308. The fourth-order valence-electron chi connectivity index (χ4n) is 4.66. The van der Waals surface area contributed by atoms with Gasteiger partial charge in [0.1, 0.15) is 11.6 Å². The highest BCUT2D eigenvalue weighted by Gasteiger charge is 2.66. The minimum Gasteiger partial charge on any atom is -0.507 e. The van der Waals surface area contributed by atoms with Crippen molar-refractivity contribution in [2.45, 2.75) is 12.5 Å². The van der Waals surface area contributed by atoms with Gasteiger partial charge >= 0.3 is 0 Å². The number of halogens is 1. The van der Waals surface area contributed by atoms with Gasteiger partial charge in [0.2, 0.25) is 0 Å². The van der Waals surface area contributed by atoms with Crippen LogP contribution in [0.4, 0.5) is 10.1 Å². The lowest BCUT2D eigenvalue weighted by Gasteiger charge is -2.35. The maximum Gasteiger partial charge on any atom is 0.296 e. The van der Waals surface area contributed by atoms with Gasteiger partial charge in [-0.1, -0.05) is 36.4 Å². The Balaban J connectivity index is 2.06. The van der Waals surface area contributed by atoms with E-state index in [1.54, 1.807) is 37.3 Å². The number of benzene rings is 2. The second-order valence-corrected chi connectivity index (χ2v) is 8.71. The van der Waals surface area contributed by atoms with Gasteiger partial charge in [-0.05, 0) is 38.7 Å². The van der Waals surface area contributed by atoms with Gasteiger partial charge in [-0.2, -0.15) is 0 Å². The van der Waals surface area contributed by atoms with E-state index in [0.717, 1.165) is 6.07 Å². The van der Waals surface area contributed by atoms with Crippen molar-refractivity contribution in [2.24, 2.45) is 0 Å². The number of para-hydroxylation sites is 1. The summed E-state index contributed by atoms with van der Waals surface area (Å²) in [4.78, 5) is 45.3. The molecule has 2 aliphatic heterocycles. The number of rotatable bonds is 6. The molecule has 2 heterocycles. The van der Waals surface area contributed by atoms with Crippen molar-refractivity contribution in [1.29, 1.82) is 0 Å². The molecule has 34 heavy (non-hydrogen) atoms. The van der Waals surface area contributed by atoms with E-state index in [2.05, 4.69) is 6.58 Å². The van der Waals surface area contributed by atoms with Crippen molar-refractivity contribution < 1.29 is 23.9 Å². The summed E-state index contributed by atoms with van der Waals surface area (Å²) < 4.78 is 14.3. The van der Waals surface area contributed by atoms with Crippen LogP contribution in [0.3, 0.4) is 0 Å². The van der Waals surface area contributed by atoms with Gasteiger partial charge in [0.15, 0.2) is 5.54 Å². The monoisotopic (exact) mass is 463 g/mol. The fraction of sp³-hybridized carbons (Fsp3) is 0.269. The SMILES string of the molecule is C=CCN1C(=O)C2(C(=C(O)c3ccc(C)c(F)c3)C(=O)C(=O)N2CCN(C)C)c2ccccc21. The minimum absolute atomic E-state index is 0.0144. The van der Waals surface area contributed by atoms with E-state index < -0.39 is 34.7 Å². The Bertz CT molecular complexity index is 1250. The predicted molar refractivity (Wildman–Crippen MR) is 127 cm³/mol. The number of hydrogen-bond donors (Lipinski definition) is 1. The third-order valence-electron chi connectivity index (χ3n) is 6.34. The van der Waals surface area contributed by atoms with Crippen LogP contribution in [0.1, 0.15) is 16.7 Å². The Morgan fingerprint density at radius 1 is 1.18 bits per heavy atom. The molecule has 2 amide bonds. The molecule has 0 bridgehead atoms. The molecule has 0 saturated carbocycles. The van der Waals surface area contributed by atoms with E-state index in [9.17, 15) is 23.9 Å². The molecular formula is C26H26FN3O4. The molecule has 176 valence electrons. The summed E-state index contributed by atoms with van der Waals surface area (Å²) in [5, 5.41) is 11.3. The molecule has 1 N–H and O–H groups in total. The number of fused-ring (bicyclic) bond motifs is 2. The number of aliphatic hydroxyl groups is 1. The first-order chi connectivity index (χ1) is 16.2. The number of anilines is 1. The third-order valence-corrected chi connectivity index (χ3v) is 6.34. The lowest BCUT2D eigenvalue weighted by Crippen LogP contribution is -2.53. The number of aryl methyl sites for hydroxylation is 1. The van der Waals surface area contributed by atoms with Crippen LogP contribution >= 0.6 is 0 Å². The van der Waals surface area contributed by atoms with E-state index in [4.69, 9.17) is 0 Å². The number of aliphatic hydroxyl groups excluding tert-OH is 1. The smallest absolute Gasteiger partial charge is 0.296 e. The Kier molecular flexibility index (Phi) is 5.87. The second kappa shape index (κ2) is 8.53. The van der Waals surface area contributed by atoms with Crippen LogP contribution in [0, 0.1) is 12.7 Å². The number of Topliss-reactive ketones (excluding diaryl/α,β-unsaturated/α-hetero) is 1. The maximum atomic E-state index is 14.3. The fourth-order valence-corrected chi connectivity index (χ4v) is 4.66. The van der Waals surface area contributed by atoms with Crippen molar-refractivity contribution in [3.8, 4) is 0 Å². The number of likely N-dealkylation sites (N-methyl/N-ethyl adjacent to an activating group) is 1. The Morgan fingerprint density at radius 3 is 2.53 bits per heavy atom. The van der Waals surface area contributed by atoms with Gasteiger partial charge in [0.25, 0.3) is 17.6 Å². The summed E-state index contributed by atoms with van der Waals surface area (Å²) in [6.07, 6.45) is 1.55. The first kappa shape index (κ1) is 23.4. The highest BCUT2D eigenvalue weighted by Crippen LogP contribution is 2.53. The van der Waals surface area contributed by atoms with Gasteiger partial charge in [-0.25, -0.2) is 4.39 Å². The van der Waals surface area contributed by atoms with Crippen LogP contribution in [-0.4, -0.2) is 66.2 Å². The van der Waals surface area contributed by atoms with E-state index in [1.165, 1.54) is 21.9 Å². The molecule has 0 aliphatic carbocycles.